The molecule has 4 heterocycles. The molecular weight excluding hydrogens is 472 g/mol. The molecule has 11 nitrogen and oxygen atoms in total. The fourth-order valence-corrected chi connectivity index (χ4v) is 5.44. The average Bonchev–Trinajstić information content (AvgIpc) is 2.90. The Bertz CT molecular complexity index is 1160. The number of nitrogens with zero attached hydrogens (tertiary/aromatic N) is 4. The summed E-state index contributed by atoms with van der Waals surface area (Å²) in [6.45, 7) is 6.80. The second kappa shape index (κ2) is 11.6. The fraction of sp³-hybridized carbons (Fsp3) is 0.577. The molecular formula is C26H38N8O3. The topological polar surface area (TPSA) is 144 Å². The zero-order valence-electron chi connectivity index (χ0n) is 21.3. The summed E-state index contributed by atoms with van der Waals surface area (Å²) in [6, 6.07) is 5.56. The van der Waals surface area contributed by atoms with E-state index in [0.717, 1.165) is 71.4 Å². The Morgan fingerprint density at radius 3 is 2.76 bits per heavy atom. The van der Waals surface area contributed by atoms with E-state index in [-0.39, 0.29) is 23.7 Å². The third-order valence-electron chi connectivity index (χ3n) is 7.52. The molecule has 1 aromatic carbocycles. The number of fused-ring (bicyclic) bond motifs is 2. The summed E-state index contributed by atoms with van der Waals surface area (Å²) < 4.78 is 7.78. The van der Waals surface area contributed by atoms with Crippen molar-refractivity contribution in [3.05, 3.63) is 40.4 Å². The van der Waals surface area contributed by atoms with Crippen LogP contribution in [0.15, 0.2) is 29.2 Å². The molecule has 6 N–H and O–H groups in total. The number of anilines is 2. The van der Waals surface area contributed by atoms with Crippen LogP contribution in [0.2, 0.25) is 0 Å². The van der Waals surface area contributed by atoms with E-state index in [4.69, 9.17) is 16.2 Å². The number of carbonyl (C=O) groups is 1. The van der Waals surface area contributed by atoms with Crippen LogP contribution in [0, 0.1) is 0 Å². The lowest BCUT2D eigenvalue weighted by molar-refractivity contribution is 0.0946. The van der Waals surface area contributed by atoms with Gasteiger partial charge in [-0.25, -0.2) is 4.79 Å². The molecule has 2 fully saturated rings. The van der Waals surface area contributed by atoms with Crippen LogP contribution < -0.4 is 32.5 Å². The first-order valence-electron chi connectivity index (χ1n) is 13.4. The van der Waals surface area contributed by atoms with Crippen LogP contribution >= 0.6 is 0 Å². The number of piperidine rings is 2. The minimum Gasteiger partial charge on any atom is -0.450 e. The van der Waals surface area contributed by atoms with E-state index >= 15 is 0 Å². The molecule has 37 heavy (non-hydrogen) atoms. The van der Waals surface area contributed by atoms with Gasteiger partial charge >= 0.3 is 5.69 Å². The molecule has 0 aliphatic carbocycles. The van der Waals surface area contributed by atoms with Crippen molar-refractivity contribution in [3.8, 4) is 11.5 Å². The van der Waals surface area contributed by atoms with Gasteiger partial charge in [0, 0.05) is 50.4 Å². The molecule has 3 aliphatic rings. The van der Waals surface area contributed by atoms with Gasteiger partial charge < -0.3 is 36.6 Å². The number of ether oxygens (including phenoxy) is 1. The van der Waals surface area contributed by atoms with Gasteiger partial charge in [0.25, 0.3) is 5.91 Å². The van der Waals surface area contributed by atoms with Crippen LogP contribution in [0.1, 0.15) is 48.5 Å². The molecule has 11 heteroatoms. The van der Waals surface area contributed by atoms with Crippen LogP contribution in [0.25, 0.3) is 0 Å². The van der Waals surface area contributed by atoms with Gasteiger partial charge in [0.2, 0.25) is 0 Å². The van der Waals surface area contributed by atoms with Crippen molar-refractivity contribution in [1.82, 2.24) is 24.7 Å². The summed E-state index contributed by atoms with van der Waals surface area (Å²) in [5.41, 5.74) is 12.5. The highest BCUT2D eigenvalue weighted by molar-refractivity contribution is 5.96. The second-order valence-corrected chi connectivity index (χ2v) is 10.3. The SMILES string of the molecule is NCCCN1CCC(n2cc3c(nc2=O)Nc2cc(C(=O)NCCN4CCCC(N)C4)ccc2O3)CC1. The van der Waals surface area contributed by atoms with Gasteiger partial charge in [-0.05, 0) is 69.9 Å². The van der Waals surface area contributed by atoms with E-state index < -0.39 is 0 Å². The van der Waals surface area contributed by atoms with Crippen molar-refractivity contribution in [1.29, 1.82) is 0 Å². The Labute approximate surface area is 217 Å². The molecule has 1 unspecified atom stereocenters. The molecule has 1 amide bonds. The standard InChI is InChI=1S/C26H38N8O3/c27-8-2-11-32-12-6-20(7-13-32)34-17-23-24(31-26(34)36)30-21-15-18(4-5-22(21)37-23)25(35)29-9-14-33-10-1-3-19(28)16-33/h4-5,15,17,19-20H,1-3,6-14,16,27-28H2,(H,29,35)(H,30,31,36). The monoisotopic (exact) mass is 510 g/mol. The van der Waals surface area contributed by atoms with Crippen LogP contribution in [0.4, 0.5) is 11.5 Å². The maximum absolute atomic E-state index is 12.9. The van der Waals surface area contributed by atoms with E-state index in [1.807, 2.05) is 0 Å². The molecule has 1 atom stereocenters. The lowest BCUT2D eigenvalue weighted by atomic mass is 10.0. The lowest BCUT2D eigenvalue weighted by Gasteiger charge is -2.33. The normalized spacial score (nSPS) is 20.4. The van der Waals surface area contributed by atoms with E-state index in [9.17, 15) is 9.59 Å². The van der Waals surface area contributed by atoms with Gasteiger partial charge in [-0.15, -0.1) is 0 Å². The number of benzene rings is 1. The van der Waals surface area contributed by atoms with Crippen LogP contribution in [0.3, 0.4) is 0 Å². The van der Waals surface area contributed by atoms with Crippen molar-refractivity contribution in [2.24, 2.45) is 11.5 Å². The van der Waals surface area contributed by atoms with Crippen molar-refractivity contribution in [2.75, 3.05) is 57.7 Å². The summed E-state index contributed by atoms with van der Waals surface area (Å²) in [6.07, 6.45) is 6.68. The molecule has 1 aromatic heterocycles. The molecule has 0 saturated carbocycles. The molecule has 3 aliphatic heterocycles. The number of carbonyl (C=O) groups excluding carboxylic acids is 1. The zero-order chi connectivity index (χ0) is 25.8. The number of likely N-dealkylation sites (tertiary alicyclic amines) is 2. The highest BCUT2D eigenvalue weighted by atomic mass is 16.5. The highest BCUT2D eigenvalue weighted by Gasteiger charge is 2.26. The van der Waals surface area contributed by atoms with Crippen LogP contribution in [-0.2, 0) is 0 Å². The smallest absolute Gasteiger partial charge is 0.350 e. The molecule has 5 rings (SSSR count). The van der Waals surface area contributed by atoms with Crippen molar-refractivity contribution >= 4 is 17.4 Å². The summed E-state index contributed by atoms with van der Waals surface area (Å²) in [5, 5.41) is 6.16. The van der Waals surface area contributed by atoms with Gasteiger partial charge in [-0.3, -0.25) is 9.36 Å². The average molecular weight is 511 g/mol. The van der Waals surface area contributed by atoms with E-state index in [1.165, 1.54) is 0 Å². The van der Waals surface area contributed by atoms with E-state index in [1.54, 1.807) is 29.0 Å². The Morgan fingerprint density at radius 2 is 1.97 bits per heavy atom. The fourth-order valence-electron chi connectivity index (χ4n) is 5.44. The maximum Gasteiger partial charge on any atom is 0.350 e. The lowest BCUT2D eigenvalue weighted by Crippen LogP contribution is -2.45. The third kappa shape index (κ3) is 6.12. The van der Waals surface area contributed by atoms with Crippen LogP contribution in [0.5, 0.6) is 11.5 Å². The van der Waals surface area contributed by atoms with E-state index in [0.29, 0.717) is 41.7 Å². The molecule has 2 saturated heterocycles. The van der Waals surface area contributed by atoms with Gasteiger partial charge in [-0.2, -0.15) is 4.98 Å². The highest BCUT2D eigenvalue weighted by Crippen LogP contribution is 2.41. The number of hydrogen-bond donors (Lipinski definition) is 4. The largest absolute Gasteiger partial charge is 0.450 e. The first-order valence-corrected chi connectivity index (χ1v) is 13.4. The quantitative estimate of drug-likeness (QED) is 0.352. The first kappa shape index (κ1) is 25.7. The molecule has 0 spiro atoms. The number of aromatic nitrogens is 2. The number of nitrogens with two attached hydrogens (primary N) is 2. The van der Waals surface area contributed by atoms with Gasteiger partial charge in [0.05, 0.1) is 11.9 Å². The van der Waals surface area contributed by atoms with Crippen molar-refractivity contribution in [3.63, 3.8) is 0 Å². The number of nitrogens with one attached hydrogen (secondary N) is 2. The Kier molecular flexibility index (Phi) is 8.04. The van der Waals surface area contributed by atoms with Gasteiger partial charge in [-0.1, -0.05) is 0 Å². The second-order valence-electron chi connectivity index (χ2n) is 10.3. The Balaban J connectivity index is 1.20. The molecule has 0 bridgehead atoms. The maximum atomic E-state index is 12.9. The number of rotatable bonds is 8. The van der Waals surface area contributed by atoms with Crippen molar-refractivity contribution in [2.45, 2.75) is 44.2 Å². The van der Waals surface area contributed by atoms with Crippen LogP contribution in [-0.4, -0.2) is 83.7 Å². The predicted octanol–water partition coefficient (Wildman–Crippen LogP) is 1.23. The Hall–Kier alpha value is -2.99. The number of amides is 1. The number of hydrogen-bond acceptors (Lipinski definition) is 9. The molecule has 2 aromatic rings. The van der Waals surface area contributed by atoms with Crippen molar-refractivity contribution < 1.29 is 9.53 Å². The summed E-state index contributed by atoms with van der Waals surface area (Å²) in [7, 11) is 0. The molecule has 200 valence electrons. The van der Waals surface area contributed by atoms with Gasteiger partial charge in [0.1, 0.15) is 0 Å². The minimum absolute atomic E-state index is 0.0937. The predicted molar refractivity (Wildman–Crippen MR) is 143 cm³/mol. The molecule has 0 radical (unpaired) electrons. The summed E-state index contributed by atoms with van der Waals surface area (Å²) >= 11 is 0. The van der Waals surface area contributed by atoms with Gasteiger partial charge in [0.15, 0.2) is 17.3 Å². The van der Waals surface area contributed by atoms with E-state index in [2.05, 4.69) is 25.4 Å². The Morgan fingerprint density at radius 1 is 1.14 bits per heavy atom. The zero-order valence-corrected chi connectivity index (χ0v) is 21.3. The third-order valence-corrected chi connectivity index (χ3v) is 7.52. The minimum atomic E-state index is -0.301. The summed E-state index contributed by atoms with van der Waals surface area (Å²) in [5.74, 6) is 1.32. The summed E-state index contributed by atoms with van der Waals surface area (Å²) in [4.78, 5) is 34.5. The first-order chi connectivity index (χ1) is 18.0.